The zero-order chi connectivity index (χ0) is 10.3. The Hall–Kier alpha value is -0.640. The lowest BCUT2D eigenvalue weighted by molar-refractivity contribution is 0.0566. The maximum absolute atomic E-state index is 9.48. The summed E-state index contributed by atoms with van der Waals surface area (Å²) in [6, 6.07) is 0. The summed E-state index contributed by atoms with van der Waals surface area (Å²) in [6.45, 7) is 3.88. The highest BCUT2D eigenvalue weighted by Gasteiger charge is 2.12. The van der Waals surface area contributed by atoms with Crippen molar-refractivity contribution in [1.82, 2.24) is 0 Å². The van der Waals surface area contributed by atoms with E-state index in [1.54, 1.807) is 32.3 Å². The maximum atomic E-state index is 9.48. The Morgan fingerprint density at radius 3 is 2.46 bits per heavy atom. The van der Waals surface area contributed by atoms with E-state index in [1.807, 2.05) is 6.92 Å². The van der Waals surface area contributed by atoms with Gasteiger partial charge >= 0.3 is 0 Å². The average molecular weight is 186 g/mol. The van der Waals surface area contributed by atoms with Crippen LogP contribution in [0.5, 0.6) is 0 Å². The highest BCUT2D eigenvalue weighted by Crippen LogP contribution is 2.08. The molecule has 2 N–H and O–H groups in total. The molecule has 0 spiro atoms. The molecule has 0 aromatic rings. The van der Waals surface area contributed by atoms with Gasteiger partial charge in [-0.25, -0.2) is 0 Å². The first-order chi connectivity index (χ1) is 6.13. The van der Waals surface area contributed by atoms with Gasteiger partial charge in [0.2, 0.25) is 0 Å². The fraction of sp³-hybridized carbons (Fsp3) is 0.600. The molecule has 0 radical (unpaired) electrons. The Morgan fingerprint density at radius 1 is 1.46 bits per heavy atom. The van der Waals surface area contributed by atoms with Crippen LogP contribution in [0.1, 0.15) is 13.8 Å². The Balaban J connectivity index is 4.19. The predicted molar refractivity (Wildman–Crippen MR) is 52.5 cm³/mol. The first-order valence-electron chi connectivity index (χ1n) is 4.31. The third kappa shape index (κ3) is 4.83. The molecule has 0 amide bonds. The molecule has 0 saturated heterocycles. The Bertz CT molecular complexity index is 183. The van der Waals surface area contributed by atoms with Crippen LogP contribution in [0.2, 0.25) is 0 Å². The van der Waals surface area contributed by atoms with Crippen molar-refractivity contribution in [2.45, 2.75) is 26.1 Å². The van der Waals surface area contributed by atoms with Crippen molar-refractivity contribution in [2.75, 3.05) is 13.7 Å². The van der Waals surface area contributed by atoms with E-state index in [0.717, 1.165) is 0 Å². The van der Waals surface area contributed by atoms with E-state index in [2.05, 4.69) is 0 Å². The average Bonchev–Trinajstić information content (AvgIpc) is 2.11. The van der Waals surface area contributed by atoms with Gasteiger partial charge in [-0.1, -0.05) is 18.2 Å². The zero-order valence-electron chi connectivity index (χ0n) is 8.40. The fourth-order valence-corrected chi connectivity index (χ4v) is 0.925. The summed E-state index contributed by atoms with van der Waals surface area (Å²) in [5.41, 5.74) is 0.701. The molecular weight excluding hydrogens is 168 g/mol. The van der Waals surface area contributed by atoms with Crippen molar-refractivity contribution in [3.8, 4) is 0 Å². The Labute approximate surface area is 79.3 Å². The quantitative estimate of drug-likeness (QED) is 0.626. The van der Waals surface area contributed by atoms with Gasteiger partial charge in [-0.3, -0.25) is 0 Å². The van der Waals surface area contributed by atoms with E-state index in [0.29, 0.717) is 12.2 Å². The lowest BCUT2D eigenvalue weighted by atomic mass is 10.1. The van der Waals surface area contributed by atoms with Gasteiger partial charge in [0.1, 0.15) is 6.10 Å². The van der Waals surface area contributed by atoms with Crippen LogP contribution in [0.15, 0.2) is 23.8 Å². The van der Waals surface area contributed by atoms with E-state index in [4.69, 9.17) is 9.84 Å². The van der Waals surface area contributed by atoms with Gasteiger partial charge < -0.3 is 14.9 Å². The molecule has 0 unspecified atom stereocenters. The van der Waals surface area contributed by atoms with Crippen LogP contribution >= 0.6 is 0 Å². The van der Waals surface area contributed by atoms with E-state index < -0.39 is 12.2 Å². The van der Waals surface area contributed by atoms with Crippen molar-refractivity contribution >= 4 is 0 Å². The molecule has 0 fully saturated rings. The molecule has 0 aliphatic carbocycles. The minimum Gasteiger partial charge on any atom is -0.390 e. The molecule has 0 aliphatic rings. The van der Waals surface area contributed by atoms with Crippen LogP contribution in [-0.2, 0) is 4.74 Å². The van der Waals surface area contributed by atoms with Gasteiger partial charge in [-0.15, -0.1) is 0 Å². The van der Waals surface area contributed by atoms with Gasteiger partial charge in [0.25, 0.3) is 0 Å². The number of aliphatic hydroxyl groups is 2. The van der Waals surface area contributed by atoms with Crippen molar-refractivity contribution in [3.63, 3.8) is 0 Å². The summed E-state index contributed by atoms with van der Waals surface area (Å²) < 4.78 is 4.82. The Kier molecular flexibility index (Phi) is 6.49. The molecule has 3 heteroatoms. The molecule has 0 saturated carbocycles. The van der Waals surface area contributed by atoms with E-state index in [1.165, 1.54) is 0 Å². The number of methoxy groups -OCH3 is 1. The minimum atomic E-state index is -0.821. The zero-order valence-corrected chi connectivity index (χ0v) is 8.40. The van der Waals surface area contributed by atoms with Crippen LogP contribution < -0.4 is 0 Å². The summed E-state index contributed by atoms with van der Waals surface area (Å²) in [6.07, 6.45) is 3.74. The number of aliphatic hydroxyl groups excluding tert-OH is 2. The van der Waals surface area contributed by atoms with Crippen molar-refractivity contribution < 1.29 is 14.9 Å². The third-order valence-corrected chi connectivity index (χ3v) is 1.70. The van der Waals surface area contributed by atoms with Gasteiger partial charge in [-0.2, -0.15) is 0 Å². The topological polar surface area (TPSA) is 49.7 Å². The number of hydrogen-bond donors (Lipinski definition) is 2. The highest BCUT2D eigenvalue weighted by molar-refractivity contribution is 5.23. The normalized spacial score (nSPS) is 17.8. The lowest BCUT2D eigenvalue weighted by Gasteiger charge is -2.14. The molecule has 0 aromatic heterocycles. The van der Waals surface area contributed by atoms with Crippen LogP contribution in [0.4, 0.5) is 0 Å². The molecule has 3 nitrogen and oxygen atoms in total. The molecular formula is C10H18O3. The molecule has 13 heavy (non-hydrogen) atoms. The maximum Gasteiger partial charge on any atom is 0.104 e. The summed E-state index contributed by atoms with van der Waals surface area (Å²) in [5, 5.41) is 18.6. The summed E-state index contributed by atoms with van der Waals surface area (Å²) in [5.74, 6) is 0. The standard InChI is InChI=1S/C10H18O3/c1-4-9(6-5-7-13-3)10(12)8(2)11/h4-6,8,10-12H,7H2,1-3H3/b6-5-,9-4+/t8-,10+/m1/s1. The van der Waals surface area contributed by atoms with Gasteiger partial charge in [0.15, 0.2) is 0 Å². The second-order valence-corrected chi connectivity index (χ2v) is 2.83. The lowest BCUT2D eigenvalue weighted by Crippen LogP contribution is -2.23. The third-order valence-electron chi connectivity index (χ3n) is 1.70. The second-order valence-electron chi connectivity index (χ2n) is 2.83. The van der Waals surface area contributed by atoms with E-state index in [9.17, 15) is 5.11 Å². The van der Waals surface area contributed by atoms with Crippen LogP contribution in [0.3, 0.4) is 0 Å². The molecule has 0 heterocycles. The van der Waals surface area contributed by atoms with Gasteiger partial charge in [0, 0.05) is 7.11 Å². The predicted octanol–water partition coefficient (Wildman–Crippen LogP) is 0.877. The minimum absolute atomic E-state index is 0.504. The van der Waals surface area contributed by atoms with Crippen LogP contribution in [0, 0.1) is 0 Å². The summed E-state index contributed by atoms with van der Waals surface area (Å²) in [4.78, 5) is 0. The van der Waals surface area contributed by atoms with Crippen molar-refractivity contribution in [1.29, 1.82) is 0 Å². The molecule has 0 bridgehead atoms. The number of allylic oxidation sites excluding steroid dienone is 1. The molecule has 76 valence electrons. The van der Waals surface area contributed by atoms with Gasteiger partial charge in [-0.05, 0) is 19.4 Å². The van der Waals surface area contributed by atoms with Crippen molar-refractivity contribution in [2.24, 2.45) is 0 Å². The number of hydrogen-bond acceptors (Lipinski definition) is 3. The van der Waals surface area contributed by atoms with Crippen LogP contribution in [0.25, 0.3) is 0 Å². The smallest absolute Gasteiger partial charge is 0.104 e. The van der Waals surface area contributed by atoms with Crippen molar-refractivity contribution in [3.05, 3.63) is 23.8 Å². The summed E-state index contributed by atoms with van der Waals surface area (Å²) >= 11 is 0. The first-order valence-corrected chi connectivity index (χ1v) is 4.31. The first kappa shape index (κ1) is 12.4. The highest BCUT2D eigenvalue weighted by atomic mass is 16.5. The number of ether oxygens (including phenoxy) is 1. The molecule has 0 aliphatic heterocycles. The SMILES string of the molecule is C/C=C(\C=C/COC)[C@@H](O)[C@@H](C)O. The second kappa shape index (κ2) is 6.83. The monoisotopic (exact) mass is 186 g/mol. The van der Waals surface area contributed by atoms with Gasteiger partial charge in [0.05, 0.1) is 12.7 Å². The summed E-state index contributed by atoms with van der Waals surface area (Å²) in [7, 11) is 1.60. The largest absolute Gasteiger partial charge is 0.390 e. The van der Waals surface area contributed by atoms with E-state index in [-0.39, 0.29) is 0 Å². The molecule has 2 atom stereocenters. The van der Waals surface area contributed by atoms with E-state index >= 15 is 0 Å². The molecule has 0 rings (SSSR count). The number of rotatable bonds is 5. The fourth-order valence-electron chi connectivity index (χ4n) is 0.925. The molecule has 0 aromatic carbocycles. The van der Waals surface area contributed by atoms with Crippen LogP contribution in [-0.4, -0.2) is 36.1 Å². The Morgan fingerprint density at radius 2 is 2.08 bits per heavy atom.